The molecule has 1 heterocycles. The molecule has 1 aromatic carbocycles. The number of benzene rings is 1. The van der Waals surface area contributed by atoms with Crippen molar-refractivity contribution in [3.8, 4) is 5.75 Å². The zero-order valence-electron chi connectivity index (χ0n) is 11.4. The van der Waals surface area contributed by atoms with E-state index in [1.54, 1.807) is 24.7 Å². The van der Waals surface area contributed by atoms with Gasteiger partial charge >= 0.3 is 0 Å². The van der Waals surface area contributed by atoms with Gasteiger partial charge in [0.05, 0.1) is 11.2 Å². The highest BCUT2D eigenvalue weighted by Crippen LogP contribution is 2.29. The second kappa shape index (κ2) is 6.91. The van der Waals surface area contributed by atoms with Gasteiger partial charge in [-0.25, -0.2) is 4.98 Å². The molecule has 20 heavy (non-hydrogen) atoms. The third kappa shape index (κ3) is 4.24. The number of halogens is 1. The summed E-state index contributed by atoms with van der Waals surface area (Å²) in [6.45, 7) is 4.55. The van der Waals surface area contributed by atoms with Crippen molar-refractivity contribution in [1.29, 1.82) is 0 Å². The lowest BCUT2D eigenvalue weighted by Crippen LogP contribution is -1.97. The number of nitrogens with one attached hydrogen (secondary N) is 1. The third-order valence-electron chi connectivity index (χ3n) is 2.50. The van der Waals surface area contributed by atoms with Gasteiger partial charge in [0.15, 0.2) is 0 Å². The first-order chi connectivity index (χ1) is 9.65. The third-order valence-corrected chi connectivity index (χ3v) is 2.81. The minimum absolute atomic E-state index is 0.497. The first-order valence-corrected chi connectivity index (χ1v) is 6.61. The van der Waals surface area contributed by atoms with E-state index in [1.165, 1.54) is 5.57 Å². The Balaban J connectivity index is 2.10. The fourth-order valence-corrected chi connectivity index (χ4v) is 1.67. The van der Waals surface area contributed by atoms with E-state index in [2.05, 4.69) is 15.3 Å². The van der Waals surface area contributed by atoms with Crippen LogP contribution in [0.3, 0.4) is 0 Å². The molecule has 0 unspecified atom stereocenters. The molecule has 0 aliphatic heterocycles. The van der Waals surface area contributed by atoms with Crippen molar-refractivity contribution in [3.05, 3.63) is 53.5 Å². The molecule has 0 amide bonds. The average Bonchev–Trinajstić information content (AvgIpc) is 2.43. The van der Waals surface area contributed by atoms with E-state index in [-0.39, 0.29) is 0 Å². The van der Waals surface area contributed by atoms with E-state index in [0.717, 1.165) is 5.69 Å². The Labute approximate surface area is 123 Å². The van der Waals surface area contributed by atoms with Crippen molar-refractivity contribution in [2.24, 2.45) is 0 Å². The van der Waals surface area contributed by atoms with Gasteiger partial charge in [0.2, 0.25) is 0 Å². The fraction of sp³-hybridized carbons (Fsp3) is 0.200. The summed E-state index contributed by atoms with van der Waals surface area (Å²) in [7, 11) is 0. The smallest absolute Gasteiger partial charge is 0.148 e. The van der Waals surface area contributed by atoms with Crippen molar-refractivity contribution >= 4 is 23.1 Å². The number of aromatic nitrogens is 2. The highest BCUT2D eigenvalue weighted by molar-refractivity contribution is 6.32. The summed E-state index contributed by atoms with van der Waals surface area (Å²) in [5, 5.41) is 3.72. The highest BCUT2D eigenvalue weighted by atomic mass is 35.5. The number of hydrogen-bond donors (Lipinski definition) is 1. The summed E-state index contributed by atoms with van der Waals surface area (Å²) in [6, 6.07) is 5.50. The van der Waals surface area contributed by atoms with Crippen molar-refractivity contribution in [2.45, 2.75) is 13.8 Å². The molecule has 1 aromatic heterocycles. The van der Waals surface area contributed by atoms with Crippen LogP contribution in [0.5, 0.6) is 5.75 Å². The fourth-order valence-electron chi connectivity index (χ4n) is 1.50. The molecule has 5 heteroatoms. The Morgan fingerprint density at radius 2 is 2.20 bits per heavy atom. The molecule has 0 bridgehead atoms. The van der Waals surface area contributed by atoms with Crippen LogP contribution in [0.2, 0.25) is 5.02 Å². The van der Waals surface area contributed by atoms with Crippen molar-refractivity contribution < 1.29 is 4.74 Å². The molecule has 0 radical (unpaired) electrons. The molecule has 2 aromatic rings. The molecule has 1 N–H and O–H groups in total. The molecule has 0 saturated heterocycles. The van der Waals surface area contributed by atoms with Crippen molar-refractivity contribution in [3.63, 3.8) is 0 Å². The van der Waals surface area contributed by atoms with Crippen LogP contribution < -0.4 is 10.1 Å². The van der Waals surface area contributed by atoms with Gasteiger partial charge in [0.25, 0.3) is 0 Å². The maximum Gasteiger partial charge on any atom is 0.148 e. The van der Waals surface area contributed by atoms with Gasteiger partial charge in [-0.3, -0.25) is 4.98 Å². The number of hydrogen-bond acceptors (Lipinski definition) is 4. The lowest BCUT2D eigenvalue weighted by molar-refractivity contribution is 0.362. The maximum atomic E-state index is 6.11. The molecule has 2 rings (SSSR count). The van der Waals surface area contributed by atoms with Crippen LogP contribution >= 0.6 is 11.6 Å². The van der Waals surface area contributed by atoms with Crippen molar-refractivity contribution in [2.75, 3.05) is 11.9 Å². The van der Waals surface area contributed by atoms with Crippen LogP contribution in [0.4, 0.5) is 11.5 Å². The van der Waals surface area contributed by atoms with E-state index in [9.17, 15) is 0 Å². The minimum atomic E-state index is 0.497. The lowest BCUT2D eigenvalue weighted by atomic mass is 10.3. The van der Waals surface area contributed by atoms with Crippen LogP contribution in [0.15, 0.2) is 48.4 Å². The number of ether oxygens (including phenoxy) is 1. The Hall–Kier alpha value is -2.07. The monoisotopic (exact) mass is 289 g/mol. The second-order valence-corrected chi connectivity index (χ2v) is 4.86. The molecule has 104 valence electrons. The summed E-state index contributed by atoms with van der Waals surface area (Å²) in [5.74, 6) is 1.31. The Morgan fingerprint density at radius 1 is 1.35 bits per heavy atom. The van der Waals surface area contributed by atoms with E-state index in [1.807, 2.05) is 32.1 Å². The number of anilines is 2. The molecular weight excluding hydrogens is 274 g/mol. The maximum absolute atomic E-state index is 6.11. The minimum Gasteiger partial charge on any atom is -0.488 e. The van der Waals surface area contributed by atoms with Gasteiger partial charge in [-0.2, -0.15) is 0 Å². The van der Waals surface area contributed by atoms with Gasteiger partial charge < -0.3 is 10.1 Å². The van der Waals surface area contributed by atoms with Crippen LogP contribution in [0, 0.1) is 0 Å². The van der Waals surface area contributed by atoms with Gasteiger partial charge in [0.1, 0.15) is 18.2 Å². The Morgan fingerprint density at radius 3 is 2.90 bits per heavy atom. The van der Waals surface area contributed by atoms with Gasteiger partial charge in [0, 0.05) is 24.1 Å². The van der Waals surface area contributed by atoms with E-state index < -0.39 is 0 Å². The van der Waals surface area contributed by atoms with Crippen LogP contribution in [0.1, 0.15) is 13.8 Å². The standard InChI is InChI=1S/C15H16ClN3O/c1-11(2)5-8-20-14-9-12(3-4-13(14)16)19-15-10-17-6-7-18-15/h3-7,9-10H,8H2,1-2H3,(H,18,19). The van der Waals surface area contributed by atoms with E-state index >= 15 is 0 Å². The summed E-state index contributed by atoms with van der Waals surface area (Å²) in [6.07, 6.45) is 6.91. The molecule has 0 fully saturated rings. The summed E-state index contributed by atoms with van der Waals surface area (Å²) < 4.78 is 5.64. The normalized spacial score (nSPS) is 9.95. The zero-order valence-corrected chi connectivity index (χ0v) is 12.2. The summed E-state index contributed by atoms with van der Waals surface area (Å²) >= 11 is 6.11. The molecule has 4 nitrogen and oxygen atoms in total. The Bertz CT molecular complexity index is 595. The predicted molar refractivity (Wildman–Crippen MR) is 81.7 cm³/mol. The van der Waals surface area contributed by atoms with Gasteiger partial charge in [-0.15, -0.1) is 0 Å². The molecule has 0 atom stereocenters. The molecular formula is C15H16ClN3O. The quantitative estimate of drug-likeness (QED) is 0.837. The lowest BCUT2D eigenvalue weighted by Gasteiger charge is -2.10. The van der Waals surface area contributed by atoms with Gasteiger partial charge in [-0.1, -0.05) is 17.2 Å². The first kappa shape index (κ1) is 14.3. The summed E-state index contributed by atoms with van der Waals surface area (Å²) in [4.78, 5) is 8.15. The van der Waals surface area contributed by atoms with Crippen LogP contribution in [0.25, 0.3) is 0 Å². The topological polar surface area (TPSA) is 47.0 Å². The molecule has 0 aliphatic carbocycles. The van der Waals surface area contributed by atoms with E-state index in [4.69, 9.17) is 16.3 Å². The van der Waals surface area contributed by atoms with Crippen LogP contribution in [-0.4, -0.2) is 16.6 Å². The van der Waals surface area contributed by atoms with E-state index in [0.29, 0.717) is 23.2 Å². The highest BCUT2D eigenvalue weighted by Gasteiger charge is 2.04. The largest absolute Gasteiger partial charge is 0.488 e. The molecule has 0 spiro atoms. The SMILES string of the molecule is CC(C)=CCOc1cc(Nc2cnccn2)ccc1Cl. The van der Waals surface area contributed by atoms with Gasteiger partial charge in [-0.05, 0) is 32.1 Å². The number of allylic oxidation sites excluding steroid dienone is 1. The zero-order chi connectivity index (χ0) is 14.4. The molecule has 0 saturated carbocycles. The molecule has 0 aliphatic rings. The second-order valence-electron chi connectivity index (χ2n) is 4.45. The number of rotatable bonds is 5. The van der Waals surface area contributed by atoms with Crippen LogP contribution in [-0.2, 0) is 0 Å². The summed E-state index contributed by atoms with van der Waals surface area (Å²) in [5.41, 5.74) is 2.05. The first-order valence-electron chi connectivity index (χ1n) is 6.24. The van der Waals surface area contributed by atoms with Crippen molar-refractivity contribution in [1.82, 2.24) is 9.97 Å². The average molecular weight is 290 g/mol. The Kier molecular flexibility index (Phi) is 4.96. The predicted octanol–water partition coefficient (Wildman–Crippen LogP) is 4.22. The number of nitrogens with zero attached hydrogens (tertiary/aromatic N) is 2.